The summed E-state index contributed by atoms with van der Waals surface area (Å²) < 4.78 is 26.2. The molecule has 0 radical (unpaired) electrons. The van der Waals surface area contributed by atoms with Gasteiger partial charge in [0.05, 0.1) is 0 Å². The molecule has 1 N–H and O–H groups in total. The molecule has 0 aromatic heterocycles. The Kier molecular flexibility index (Phi) is 5.43. The number of phenols is 1. The zero-order chi connectivity index (χ0) is 16.9. The van der Waals surface area contributed by atoms with Gasteiger partial charge in [-0.15, -0.1) is 0 Å². The van der Waals surface area contributed by atoms with Gasteiger partial charge in [0.15, 0.2) is 11.6 Å². The molecule has 0 unspecified atom stereocenters. The topological polar surface area (TPSA) is 26.7 Å². The smallest absolute Gasteiger partial charge is 0.159 e. The van der Waals surface area contributed by atoms with Crippen LogP contribution in [0, 0.1) is 11.6 Å². The standard InChI is InChI=1S/C19H22F2N2O/c20-18-6-3-16(13-19(18)21)14-23-11-9-22(10-12-23)8-7-15-1-4-17(24)5-2-15/h1-6,13,24H,7-12,14H2. The van der Waals surface area contributed by atoms with Crippen molar-refractivity contribution in [3.63, 3.8) is 0 Å². The minimum Gasteiger partial charge on any atom is -0.508 e. The van der Waals surface area contributed by atoms with E-state index in [0.29, 0.717) is 12.3 Å². The van der Waals surface area contributed by atoms with Crippen LogP contribution < -0.4 is 0 Å². The molecule has 128 valence electrons. The Hall–Kier alpha value is -1.98. The van der Waals surface area contributed by atoms with E-state index in [2.05, 4.69) is 9.80 Å². The summed E-state index contributed by atoms with van der Waals surface area (Å²) in [6, 6.07) is 11.5. The molecule has 0 saturated carbocycles. The van der Waals surface area contributed by atoms with Crippen molar-refractivity contribution in [3.05, 3.63) is 65.2 Å². The highest BCUT2D eigenvalue weighted by molar-refractivity contribution is 5.26. The van der Waals surface area contributed by atoms with E-state index in [1.54, 1.807) is 18.2 Å². The summed E-state index contributed by atoms with van der Waals surface area (Å²) in [5, 5.41) is 9.30. The van der Waals surface area contributed by atoms with E-state index < -0.39 is 11.6 Å². The molecule has 0 atom stereocenters. The molecular formula is C19H22F2N2O. The molecule has 0 amide bonds. The number of hydrogen-bond acceptors (Lipinski definition) is 3. The van der Waals surface area contributed by atoms with Crippen molar-refractivity contribution in [3.8, 4) is 5.75 Å². The van der Waals surface area contributed by atoms with Crippen LogP contribution in [0.2, 0.25) is 0 Å². The summed E-state index contributed by atoms with van der Waals surface area (Å²) in [5.74, 6) is -1.28. The molecule has 1 heterocycles. The largest absolute Gasteiger partial charge is 0.508 e. The van der Waals surface area contributed by atoms with Crippen LogP contribution in [0.4, 0.5) is 8.78 Å². The van der Waals surface area contributed by atoms with Gasteiger partial charge < -0.3 is 10.0 Å². The van der Waals surface area contributed by atoms with Gasteiger partial charge in [-0.25, -0.2) is 8.78 Å². The molecule has 24 heavy (non-hydrogen) atoms. The van der Waals surface area contributed by atoms with Gasteiger partial charge in [-0.2, -0.15) is 0 Å². The summed E-state index contributed by atoms with van der Waals surface area (Å²) in [4.78, 5) is 4.68. The molecule has 3 rings (SSSR count). The molecule has 1 saturated heterocycles. The molecule has 1 aliphatic heterocycles. The third kappa shape index (κ3) is 4.52. The molecule has 1 aliphatic rings. The number of piperazine rings is 1. The van der Waals surface area contributed by atoms with Gasteiger partial charge in [-0.1, -0.05) is 18.2 Å². The van der Waals surface area contributed by atoms with Gasteiger partial charge in [0.2, 0.25) is 0 Å². The summed E-state index contributed by atoms with van der Waals surface area (Å²) >= 11 is 0. The van der Waals surface area contributed by atoms with Crippen LogP contribution in [0.3, 0.4) is 0 Å². The van der Waals surface area contributed by atoms with E-state index in [0.717, 1.165) is 44.7 Å². The van der Waals surface area contributed by atoms with Crippen molar-refractivity contribution < 1.29 is 13.9 Å². The fourth-order valence-electron chi connectivity index (χ4n) is 3.02. The molecule has 5 heteroatoms. The van der Waals surface area contributed by atoms with Gasteiger partial charge in [0, 0.05) is 39.3 Å². The highest BCUT2D eigenvalue weighted by Crippen LogP contribution is 2.14. The van der Waals surface area contributed by atoms with Gasteiger partial charge in [-0.3, -0.25) is 4.90 Å². The number of benzene rings is 2. The lowest BCUT2D eigenvalue weighted by Gasteiger charge is -2.34. The van der Waals surface area contributed by atoms with E-state index in [4.69, 9.17) is 0 Å². The van der Waals surface area contributed by atoms with Gasteiger partial charge >= 0.3 is 0 Å². The Morgan fingerprint density at radius 3 is 2.08 bits per heavy atom. The lowest BCUT2D eigenvalue weighted by atomic mass is 10.1. The van der Waals surface area contributed by atoms with Crippen molar-refractivity contribution in [1.82, 2.24) is 9.80 Å². The fraction of sp³-hybridized carbons (Fsp3) is 0.368. The van der Waals surface area contributed by atoms with Crippen molar-refractivity contribution in [2.45, 2.75) is 13.0 Å². The van der Waals surface area contributed by atoms with Gasteiger partial charge in [-0.05, 0) is 41.8 Å². The minimum atomic E-state index is -0.794. The van der Waals surface area contributed by atoms with Crippen LogP contribution in [0.25, 0.3) is 0 Å². The number of rotatable bonds is 5. The lowest BCUT2D eigenvalue weighted by molar-refractivity contribution is 0.128. The zero-order valence-corrected chi connectivity index (χ0v) is 13.6. The normalized spacial score (nSPS) is 16.4. The Morgan fingerprint density at radius 1 is 0.792 bits per heavy atom. The number of hydrogen-bond donors (Lipinski definition) is 1. The highest BCUT2D eigenvalue weighted by atomic mass is 19.2. The van der Waals surface area contributed by atoms with Gasteiger partial charge in [0.25, 0.3) is 0 Å². The molecule has 3 nitrogen and oxygen atoms in total. The summed E-state index contributed by atoms with van der Waals surface area (Å²) in [6.45, 7) is 5.44. The van der Waals surface area contributed by atoms with Crippen LogP contribution in [0.1, 0.15) is 11.1 Å². The first-order valence-corrected chi connectivity index (χ1v) is 8.27. The van der Waals surface area contributed by atoms with E-state index in [1.165, 1.54) is 17.7 Å². The second-order valence-corrected chi connectivity index (χ2v) is 6.28. The van der Waals surface area contributed by atoms with Crippen LogP contribution in [0.15, 0.2) is 42.5 Å². The molecular weight excluding hydrogens is 310 g/mol. The van der Waals surface area contributed by atoms with Crippen LogP contribution in [-0.4, -0.2) is 47.6 Å². The summed E-state index contributed by atoms with van der Waals surface area (Å²) in [5.41, 5.74) is 2.03. The third-order valence-corrected chi connectivity index (χ3v) is 4.51. The third-order valence-electron chi connectivity index (χ3n) is 4.51. The van der Waals surface area contributed by atoms with Crippen molar-refractivity contribution in [2.75, 3.05) is 32.7 Å². The molecule has 0 bridgehead atoms. The van der Waals surface area contributed by atoms with E-state index in [1.807, 2.05) is 12.1 Å². The van der Waals surface area contributed by atoms with Crippen molar-refractivity contribution in [1.29, 1.82) is 0 Å². The maximum atomic E-state index is 13.3. The molecule has 2 aromatic rings. The minimum absolute atomic E-state index is 0.296. The van der Waals surface area contributed by atoms with Crippen molar-refractivity contribution >= 4 is 0 Å². The number of nitrogens with zero attached hydrogens (tertiary/aromatic N) is 2. The second kappa shape index (κ2) is 7.73. The molecule has 2 aromatic carbocycles. The van der Waals surface area contributed by atoms with Crippen molar-refractivity contribution in [2.24, 2.45) is 0 Å². The predicted molar refractivity (Wildman–Crippen MR) is 89.9 cm³/mol. The molecule has 0 spiro atoms. The fourth-order valence-corrected chi connectivity index (χ4v) is 3.02. The van der Waals surface area contributed by atoms with E-state index in [9.17, 15) is 13.9 Å². The first-order chi connectivity index (χ1) is 11.6. The summed E-state index contributed by atoms with van der Waals surface area (Å²) in [7, 11) is 0. The lowest BCUT2D eigenvalue weighted by Crippen LogP contribution is -2.46. The van der Waals surface area contributed by atoms with Crippen LogP contribution >= 0.6 is 0 Å². The average Bonchev–Trinajstić information content (AvgIpc) is 2.59. The second-order valence-electron chi connectivity index (χ2n) is 6.28. The SMILES string of the molecule is Oc1ccc(CCN2CCN(Cc3ccc(F)c(F)c3)CC2)cc1. The van der Waals surface area contributed by atoms with E-state index >= 15 is 0 Å². The first kappa shape index (κ1) is 16.9. The Morgan fingerprint density at radius 2 is 1.42 bits per heavy atom. The van der Waals surface area contributed by atoms with Crippen LogP contribution in [0.5, 0.6) is 5.75 Å². The average molecular weight is 332 g/mol. The Bertz CT molecular complexity index is 668. The van der Waals surface area contributed by atoms with Gasteiger partial charge in [0.1, 0.15) is 5.75 Å². The first-order valence-electron chi connectivity index (χ1n) is 8.27. The quantitative estimate of drug-likeness (QED) is 0.912. The molecule has 1 fully saturated rings. The zero-order valence-electron chi connectivity index (χ0n) is 13.6. The number of halogens is 2. The maximum Gasteiger partial charge on any atom is 0.159 e. The Labute approximate surface area is 141 Å². The Balaban J connectivity index is 1.43. The highest BCUT2D eigenvalue weighted by Gasteiger charge is 2.17. The number of aromatic hydroxyl groups is 1. The molecule has 0 aliphatic carbocycles. The number of phenolic OH excluding ortho intramolecular Hbond substituents is 1. The van der Waals surface area contributed by atoms with E-state index in [-0.39, 0.29) is 0 Å². The predicted octanol–water partition coefficient (Wildman–Crippen LogP) is 3.03. The maximum absolute atomic E-state index is 13.3. The summed E-state index contributed by atoms with van der Waals surface area (Å²) in [6.07, 6.45) is 0.962. The monoisotopic (exact) mass is 332 g/mol. The van der Waals surface area contributed by atoms with Crippen LogP contribution in [-0.2, 0) is 13.0 Å².